The van der Waals surface area contributed by atoms with Gasteiger partial charge in [0.1, 0.15) is 5.75 Å². The Labute approximate surface area is 98.7 Å². The molecule has 3 rings (SSSR count). The van der Waals surface area contributed by atoms with Crippen molar-refractivity contribution in [2.45, 2.75) is 12.8 Å². The quantitative estimate of drug-likeness (QED) is 0.799. The van der Waals surface area contributed by atoms with E-state index in [-0.39, 0.29) is 0 Å². The van der Waals surface area contributed by atoms with E-state index >= 15 is 0 Å². The van der Waals surface area contributed by atoms with E-state index in [0.717, 1.165) is 29.5 Å². The van der Waals surface area contributed by atoms with Crippen molar-refractivity contribution in [3.8, 4) is 5.75 Å². The molecule has 0 N–H and O–H groups in total. The van der Waals surface area contributed by atoms with E-state index in [2.05, 4.69) is 16.0 Å². The molecule has 1 fully saturated rings. The summed E-state index contributed by atoms with van der Waals surface area (Å²) in [5.74, 6) is 0.907. The van der Waals surface area contributed by atoms with Crippen molar-refractivity contribution < 1.29 is 4.74 Å². The van der Waals surface area contributed by atoms with Gasteiger partial charge >= 0.3 is 0 Å². The highest BCUT2D eigenvalue weighted by Gasteiger charge is 2.16. The predicted molar refractivity (Wildman–Crippen MR) is 67.6 cm³/mol. The number of ether oxygens (including phenoxy) is 1. The van der Waals surface area contributed by atoms with Crippen molar-refractivity contribution >= 4 is 26.7 Å². The Kier molecular flexibility index (Phi) is 2.44. The molecule has 4 heteroatoms. The summed E-state index contributed by atoms with van der Waals surface area (Å²) in [7, 11) is 1.70. The van der Waals surface area contributed by atoms with E-state index in [1.54, 1.807) is 18.4 Å². The smallest absolute Gasteiger partial charge is 0.186 e. The zero-order chi connectivity index (χ0) is 11.0. The number of anilines is 1. The first kappa shape index (κ1) is 9.90. The van der Waals surface area contributed by atoms with Crippen molar-refractivity contribution in [1.29, 1.82) is 0 Å². The summed E-state index contributed by atoms with van der Waals surface area (Å²) in [5, 5.41) is 1.15. The number of hydrogen-bond acceptors (Lipinski definition) is 4. The topological polar surface area (TPSA) is 25.4 Å². The van der Waals surface area contributed by atoms with Crippen molar-refractivity contribution in [3.05, 3.63) is 18.2 Å². The fraction of sp³-hybridized carbons (Fsp3) is 0.417. The van der Waals surface area contributed by atoms with E-state index in [4.69, 9.17) is 4.74 Å². The summed E-state index contributed by atoms with van der Waals surface area (Å²) in [5.41, 5.74) is 1.08. The van der Waals surface area contributed by atoms with Gasteiger partial charge in [-0.2, -0.15) is 0 Å². The van der Waals surface area contributed by atoms with Crippen LogP contribution in [0.4, 0.5) is 5.13 Å². The third kappa shape index (κ3) is 1.63. The molecule has 0 atom stereocenters. The van der Waals surface area contributed by atoms with Crippen molar-refractivity contribution in [2.24, 2.45) is 0 Å². The number of nitrogens with zero attached hydrogens (tertiary/aromatic N) is 2. The highest BCUT2D eigenvalue weighted by molar-refractivity contribution is 7.22. The number of fused-ring (bicyclic) bond motifs is 1. The lowest BCUT2D eigenvalue weighted by Crippen LogP contribution is -2.16. The van der Waals surface area contributed by atoms with Gasteiger partial charge in [0.05, 0.1) is 17.3 Å². The van der Waals surface area contributed by atoms with Crippen LogP contribution < -0.4 is 9.64 Å². The zero-order valence-electron chi connectivity index (χ0n) is 9.27. The normalized spacial score (nSPS) is 15.9. The summed E-state index contributed by atoms with van der Waals surface area (Å²) in [6.07, 6.45) is 2.58. The van der Waals surface area contributed by atoms with Crippen LogP contribution in [0, 0.1) is 0 Å². The monoisotopic (exact) mass is 234 g/mol. The van der Waals surface area contributed by atoms with Crippen molar-refractivity contribution in [3.63, 3.8) is 0 Å². The van der Waals surface area contributed by atoms with Gasteiger partial charge in [-0.3, -0.25) is 0 Å². The molecule has 84 valence electrons. The second-order valence-corrected chi connectivity index (χ2v) is 5.03. The molecule has 0 amide bonds. The van der Waals surface area contributed by atoms with Crippen LogP contribution in [-0.2, 0) is 0 Å². The average molecular weight is 234 g/mol. The summed E-state index contributed by atoms with van der Waals surface area (Å²) in [6.45, 7) is 2.30. The molecule has 0 radical (unpaired) electrons. The first-order chi connectivity index (χ1) is 7.86. The number of thiazole rings is 1. The first-order valence-corrected chi connectivity index (χ1v) is 6.38. The SMILES string of the molecule is COc1ccc2nc(N3CCCC3)sc2c1. The molecule has 2 aromatic rings. The molecular weight excluding hydrogens is 220 g/mol. The Balaban J connectivity index is 2.01. The molecule has 3 nitrogen and oxygen atoms in total. The zero-order valence-corrected chi connectivity index (χ0v) is 10.1. The Morgan fingerprint density at radius 1 is 1.31 bits per heavy atom. The third-order valence-electron chi connectivity index (χ3n) is 2.96. The second-order valence-electron chi connectivity index (χ2n) is 4.02. The minimum atomic E-state index is 0.907. The highest BCUT2D eigenvalue weighted by Crippen LogP contribution is 2.32. The first-order valence-electron chi connectivity index (χ1n) is 5.56. The van der Waals surface area contributed by atoms with Crippen LogP contribution in [0.2, 0.25) is 0 Å². The molecule has 1 aromatic carbocycles. The average Bonchev–Trinajstić information content (AvgIpc) is 2.96. The molecule has 16 heavy (non-hydrogen) atoms. The summed E-state index contributed by atoms with van der Waals surface area (Å²) >= 11 is 1.76. The van der Waals surface area contributed by atoms with Crippen molar-refractivity contribution in [1.82, 2.24) is 4.98 Å². The maximum absolute atomic E-state index is 5.22. The molecule has 0 bridgehead atoms. The molecule has 0 spiro atoms. The van der Waals surface area contributed by atoms with Gasteiger partial charge in [-0.25, -0.2) is 4.98 Å². The van der Waals surface area contributed by atoms with Crippen molar-refractivity contribution in [2.75, 3.05) is 25.1 Å². The molecule has 1 aliphatic rings. The molecule has 0 saturated carbocycles. The largest absolute Gasteiger partial charge is 0.497 e. The van der Waals surface area contributed by atoms with Crippen LogP contribution in [0.25, 0.3) is 10.2 Å². The minimum absolute atomic E-state index is 0.907. The fourth-order valence-electron chi connectivity index (χ4n) is 2.06. The van der Waals surface area contributed by atoms with Crippen LogP contribution in [0.15, 0.2) is 18.2 Å². The van der Waals surface area contributed by atoms with Crippen LogP contribution in [0.1, 0.15) is 12.8 Å². The second kappa shape index (κ2) is 3.94. The molecule has 1 aromatic heterocycles. The van der Waals surface area contributed by atoms with Gasteiger partial charge in [0.25, 0.3) is 0 Å². The Hall–Kier alpha value is -1.29. The lowest BCUT2D eigenvalue weighted by Gasteiger charge is -2.11. The van der Waals surface area contributed by atoms with E-state index in [1.165, 1.54) is 17.5 Å². The fourth-order valence-corrected chi connectivity index (χ4v) is 3.11. The van der Waals surface area contributed by atoms with Gasteiger partial charge in [0, 0.05) is 13.1 Å². The summed E-state index contributed by atoms with van der Waals surface area (Å²) in [4.78, 5) is 7.03. The maximum atomic E-state index is 5.22. The maximum Gasteiger partial charge on any atom is 0.186 e. The minimum Gasteiger partial charge on any atom is -0.497 e. The van der Waals surface area contributed by atoms with Gasteiger partial charge in [0.15, 0.2) is 5.13 Å². The summed E-state index contributed by atoms with van der Waals surface area (Å²) in [6, 6.07) is 6.06. The predicted octanol–water partition coefficient (Wildman–Crippen LogP) is 2.91. The van der Waals surface area contributed by atoms with Gasteiger partial charge in [-0.1, -0.05) is 11.3 Å². The van der Waals surface area contributed by atoms with Crippen LogP contribution in [0.5, 0.6) is 5.75 Å². The molecular formula is C12H14N2OS. The Morgan fingerprint density at radius 2 is 2.12 bits per heavy atom. The molecule has 1 aliphatic heterocycles. The van der Waals surface area contributed by atoms with E-state index in [9.17, 15) is 0 Å². The van der Waals surface area contributed by atoms with E-state index < -0.39 is 0 Å². The Bertz CT molecular complexity index is 503. The Morgan fingerprint density at radius 3 is 2.88 bits per heavy atom. The van der Waals surface area contributed by atoms with E-state index in [1.807, 2.05) is 12.1 Å². The number of aromatic nitrogens is 1. The van der Waals surface area contributed by atoms with Crippen LogP contribution in [-0.4, -0.2) is 25.2 Å². The summed E-state index contributed by atoms with van der Waals surface area (Å²) < 4.78 is 6.43. The third-order valence-corrected chi connectivity index (χ3v) is 4.04. The van der Waals surface area contributed by atoms with Gasteiger partial charge in [-0.05, 0) is 31.0 Å². The number of hydrogen-bond donors (Lipinski definition) is 0. The molecule has 1 saturated heterocycles. The van der Waals surface area contributed by atoms with Gasteiger partial charge in [-0.15, -0.1) is 0 Å². The van der Waals surface area contributed by atoms with Gasteiger partial charge in [0.2, 0.25) is 0 Å². The molecule has 0 unspecified atom stereocenters. The molecule has 2 heterocycles. The lowest BCUT2D eigenvalue weighted by atomic mass is 10.3. The molecule has 0 aliphatic carbocycles. The van der Waals surface area contributed by atoms with Gasteiger partial charge < -0.3 is 9.64 Å². The lowest BCUT2D eigenvalue weighted by molar-refractivity contribution is 0.415. The van der Waals surface area contributed by atoms with Crippen LogP contribution >= 0.6 is 11.3 Å². The standard InChI is InChI=1S/C12H14N2OS/c1-15-9-4-5-10-11(8-9)16-12(13-10)14-6-2-3-7-14/h4-5,8H,2-3,6-7H2,1H3. The van der Waals surface area contributed by atoms with E-state index in [0.29, 0.717) is 0 Å². The van der Waals surface area contributed by atoms with Crippen LogP contribution in [0.3, 0.4) is 0 Å². The highest BCUT2D eigenvalue weighted by atomic mass is 32.1. The number of rotatable bonds is 2. The number of benzene rings is 1. The number of methoxy groups -OCH3 is 1.